The summed E-state index contributed by atoms with van der Waals surface area (Å²) in [6.07, 6.45) is 2.59. The summed E-state index contributed by atoms with van der Waals surface area (Å²) in [5.74, 6) is 1.54. The standard InChI is InChI=1S/C21H20ClN3O2/c1-4-13(2)27-20-16(22)10-14(11-19(20)26-3)9-15(12-23)21-24-17-7-5-6-8-18(17)25-21/h5-11,13H,4H2,1-3H3,(H,24,25)/b15-9-/t13-/m1/s1. The van der Waals surface area contributed by atoms with Gasteiger partial charge in [-0.3, -0.25) is 0 Å². The molecule has 5 nitrogen and oxygen atoms in total. The molecular weight excluding hydrogens is 362 g/mol. The number of methoxy groups -OCH3 is 1. The number of nitrogens with zero attached hydrogens (tertiary/aromatic N) is 2. The predicted octanol–water partition coefficient (Wildman–Crippen LogP) is 5.47. The lowest BCUT2D eigenvalue weighted by Gasteiger charge is -2.17. The number of hydrogen-bond donors (Lipinski definition) is 1. The van der Waals surface area contributed by atoms with Gasteiger partial charge in [0.1, 0.15) is 11.9 Å². The minimum Gasteiger partial charge on any atom is -0.493 e. The largest absolute Gasteiger partial charge is 0.493 e. The molecule has 0 bridgehead atoms. The Kier molecular flexibility index (Phi) is 5.68. The molecule has 0 amide bonds. The van der Waals surface area contributed by atoms with Gasteiger partial charge in [0.15, 0.2) is 11.5 Å². The van der Waals surface area contributed by atoms with Crippen molar-refractivity contribution in [1.82, 2.24) is 9.97 Å². The van der Waals surface area contributed by atoms with Gasteiger partial charge in [-0.05, 0) is 49.2 Å². The highest BCUT2D eigenvalue weighted by atomic mass is 35.5. The van der Waals surface area contributed by atoms with Gasteiger partial charge < -0.3 is 14.5 Å². The summed E-state index contributed by atoms with van der Waals surface area (Å²) in [5, 5.41) is 10.0. The fraction of sp³-hybridized carbons (Fsp3) is 0.238. The van der Waals surface area contributed by atoms with Crippen LogP contribution in [-0.4, -0.2) is 23.2 Å². The zero-order valence-electron chi connectivity index (χ0n) is 15.4. The maximum Gasteiger partial charge on any atom is 0.180 e. The van der Waals surface area contributed by atoms with E-state index in [2.05, 4.69) is 16.0 Å². The third-order valence-electron chi connectivity index (χ3n) is 4.22. The number of imidazole rings is 1. The molecule has 3 rings (SSSR count). The number of fused-ring (bicyclic) bond motifs is 1. The first-order valence-electron chi connectivity index (χ1n) is 8.66. The SMILES string of the molecule is CC[C@@H](C)Oc1c(Cl)cc(/C=C(/C#N)c2nc3ccccc3[nH]2)cc1OC. The van der Waals surface area contributed by atoms with Crippen LogP contribution in [0.15, 0.2) is 36.4 Å². The van der Waals surface area contributed by atoms with Crippen molar-refractivity contribution in [3.63, 3.8) is 0 Å². The molecule has 27 heavy (non-hydrogen) atoms. The first-order chi connectivity index (χ1) is 13.0. The Morgan fingerprint density at radius 3 is 2.81 bits per heavy atom. The van der Waals surface area contributed by atoms with Crippen LogP contribution >= 0.6 is 11.6 Å². The lowest BCUT2D eigenvalue weighted by Crippen LogP contribution is -2.11. The third kappa shape index (κ3) is 4.07. The number of allylic oxidation sites excluding steroid dienone is 1. The zero-order valence-corrected chi connectivity index (χ0v) is 16.2. The number of rotatable bonds is 6. The number of halogens is 1. The molecule has 6 heteroatoms. The van der Waals surface area contributed by atoms with E-state index in [4.69, 9.17) is 21.1 Å². The van der Waals surface area contributed by atoms with Gasteiger partial charge in [-0.25, -0.2) is 4.98 Å². The quantitative estimate of drug-likeness (QED) is 0.575. The topological polar surface area (TPSA) is 70.9 Å². The first-order valence-corrected chi connectivity index (χ1v) is 9.04. The molecule has 0 radical (unpaired) electrons. The molecule has 1 N–H and O–H groups in total. The van der Waals surface area contributed by atoms with Crippen LogP contribution < -0.4 is 9.47 Å². The average Bonchev–Trinajstić information content (AvgIpc) is 3.11. The Balaban J connectivity index is 2.01. The van der Waals surface area contributed by atoms with Crippen LogP contribution in [0, 0.1) is 11.3 Å². The summed E-state index contributed by atoms with van der Waals surface area (Å²) in [6, 6.07) is 13.4. The molecule has 0 spiro atoms. The molecule has 138 valence electrons. The highest BCUT2D eigenvalue weighted by molar-refractivity contribution is 6.32. The summed E-state index contributed by atoms with van der Waals surface area (Å²) < 4.78 is 11.3. The molecule has 0 saturated carbocycles. The number of hydrogen-bond acceptors (Lipinski definition) is 4. The van der Waals surface area contributed by atoms with Crippen LogP contribution in [0.1, 0.15) is 31.7 Å². The second-order valence-corrected chi connectivity index (χ2v) is 6.55. The fourth-order valence-corrected chi connectivity index (χ4v) is 2.89. The van der Waals surface area contributed by atoms with E-state index >= 15 is 0 Å². The summed E-state index contributed by atoms with van der Waals surface area (Å²) in [4.78, 5) is 7.64. The maximum absolute atomic E-state index is 9.60. The molecule has 0 fully saturated rings. The van der Waals surface area contributed by atoms with Crippen molar-refractivity contribution < 1.29 is 9.47 Å². The van der Waals surface area contributed by atoms with Crippen molar-refractivity contribution in [1.29, 1.82) is 5.26 Å². The number of nitriles is 1. The predicted molar refractivity (Wildman–Crippen MR) is 108 cm³/mol. The lowest BCUT2D eigenvalue weighted by molar-refractivity contribution is 0.208. The Labute approximate surface area is 163 Å². The van der Waals surface area contributed by atoms with Crippen LogP contribution in [-0.2, 0) is 0 Å². The molecule has 0 aliphatic carbocycles. The van der Waals surface area contributed by atoms with Gasteiger partial charge in [0.2, 0.25) is 0 Å². The molecular formula is C21H20ClN3O2. The van der Waals surface area contributed by atoms with Crippen molar-refractivity contribution in [2.24, 2.45) is 0 Å². The number of nitrogens with one attached hydrogen (secondary N) is 1. The molecule has 0 unspecified atom stereocenters. The second kappa shape index (κ2) is 8.15. The van der Waals surface area contributed by atoms with Gasteiger partial charge in [0, 0.05) is 0 Å². The molecule has 1 heterocycles. The molecule has 0 aliphatic heterocycles. The van der Waals surface area contributed by atoms with Gasteiger partial charge in [-0.2, -0.15) is 5.26 Å². The van der Waals surface area contributed by atoms with Gasteiger partial charge in [0.25, 0.3) is 0 Å². The van der Waals surface area contributed by atoms with E-state index in [0.717, 1.165) is 23.0 Å². The third-order valence-corrected chi connectivity index (χ3v) is 4.50. The van der Waals surface area contributed by atoms with Crippen LogP contribution in [0.3, 0.4) is 0 Å². The van der Waals surface area contributed by atoms with E-state index in [1.165, 1.54) is 0 Å². The van der Waals surface area contributed by atoms with Crippen LogP contribution in [0.2, 0.25) is 5.02 Å². The van der Waals surface area contributed by atoms with Crippen molar-refractivity contribution in [3.05, 3.63) is 52.8 Å². The van der Waals surface area contributed by atoms with Gasteiger partial charge in [-0.1, -0.05) is 30.7 Å². The average molecular weight is 382 g/mol. The second-order valence-electron chi connectivity index (χ2n) is 6.14. The summed E-state index contributed by atoms with van der Waals surface area (Å²) >= 11 is 6.41. The molecule has 1 atom stereocenters. The van der Waals surface area contributed by atoms with E-state index in [9.17, 15) is 5.26 Å². The van der Waals surface area contributed by atoms with Crippen LogP contribution in [0.4, 0.5) is 0 Å². The Morgan fingerprint density at radius 1 is 1.37 bits per heavy atom. The van der Waals surface area contributed by atoms with E-state index in [0.29, 0.717) is 27.9 Å². The highest BCUT2D eigenvalue weighted by Crippen LogP contribution is 2.38. The monoisotopic (exact) mass is 381 g/mol. The Morgan fingerprint density at radius 2 is 2.15 bits per heavy atom. The van der Waals surface area contributed by atoms with Gasteiger partial charge in [-0.15, -0.1) is 0 Å². The smallest absolute Gasteiger partial charge is 0.180 e. The molecule has 0 saturated heterocycles. The van der Waals surface area contributed by atoms with Crippen LogP contribution in [0.5, 0.6) is 11.5 Å². The minimum absolute atomic E-state index is 0.0167. The van der Waals surface area contributed by atoms with Crippen molar-refractivity contribution in [3.8, 4) is 17.6 Å². The minimum atomic E-state index is 0.0167. The van der Waals surface area contributed by atoms with Crippen molar-refractivity contribution in [2.45, 2.75) is 26.4 Å². The zero-order chi connectivity index (χ0) is 19.4. The summed E-state index contributed by atoms with van der Waals surface area (Å²) in [7, 11) is 1.56. The summed E-state index contributed by atoms with van der Waals surface area (Å²) in [5.41, 5.74) is 2.81. The number of para-hydroxylation sites is 2. The van der Waals surface area contributed by atoms with E-state index < -0.39 is 0 Å². The number of aromatic nitrogens is 2. The maximum atomic E-state index is 9.60. The molecule has 1 aromatic heterocycles. The normalized spacial score (nSPS) is 12.6. The van der Waals surface area contributed by atoms with E-state index in [1.54, 1.807) is 25.3 Å². The molecule has 3 aromatic rings. The highest BCUT2D eigenvalue weighted by Gasteiger charge is 2.15. The first kappa shape index (κ1) is 18.8. The molecule has 0 aliphatic rings. The van der Waals surface area contributed by atoms with E-state index in [-0.39, 0.29) is 6.10 Å². The van der Waals surface area contributed by atoms with Crippen LogP contribution in [0.25, 0.3) is 22.7 Å². The number of H-pyrrole nitrogens is 1. The number of benzene rings is 2. The Bertz CT molecular complexity index is 1000. The van der Waals surface area contributed by atoms with E-state index in [1.807, 2.05) is 38.1 Å². The fourth-order valence-electron chi connectivity index (χ4n) is 2.62. The lowest BCUT2D eigenvalue weighted by atomic mass is 10.1. The van der Waals surface area contributed by atoms with Crippen molar-refractivity contribution >= 4 is 34.3 Å². The Hall–Kier alpha value is -2.97. The van der Waals surface area contributed by atoms with Crippen molar-refractivity contribution in [2.75, 3.05) is 7.11 Å². The summed E-state index contributed by atoms with van der Waals surface area (Å²) in [6.45, 7) is 4.01. The molecule has 2 aromatic carbocycles. The van der Waals surface area contributed by atoms with Gasteiger partial charge in [0.05, 0.1) is 34.8 Å². The number of aromatic amines is 1. The van der Waals surface area contributed by atoms with Gasteiger partial charge >= 0.3 is 0 Å². The number of ether oxygens (including phenoxy) is 2.